The smallest absolute Gasteiger partial charge is 0.197 e. The molecule has 7 heteroatoms. The molecule has 1 saturated heterocycles. The molecule has 2 unspecified atom stereocenters. The van der Waals surface area contributed by atoms with Crippen molar-refractivity contribution in [2.45, 2.75) is 82.1 Å². The normalized spacial score (nSPS) is 28.8. The molecule has 1 aliphatic heterocycles. The predicted octanol–water partition coefficient (Wildman–Crippen LogP) is 6.23. The van der Waals surface area contributed by atoms with Gasteiger partial charge in [0.1, 0.15) is 5.82 Å². The lowest BCUT2D eigenvalue weighted by Gasteiger charge is -2.38. The Hall–Kier alpha value is -2.54. The lowest BCUT2D eigenvalue weighted by molar-refractivity contribution is 0.116. The van der Waals surface area contributed by atoms with Gasteiger partial charge in [0, 0.05) is 35.5 Å². The summed E-state index contributed by atoms with van der Waals surface area (Å²) in [5.74, 6) is 2.68. The van der Waals surface area contributed by atoms with Crippen molar-refractivity contribution >= 4 is 11.0 Å². The van der Waals surface area contributed by atoms with E-state index in [-0.39, 0.29) is 5.82 Å². The lowest BCUT2D eigenvalue weighted by Crippen LogP contribution is -2.40. The monoisotopic (exact) mass is 493 g/mol. The molecule has 0 radical (unpaired) electrons. The molecular formula is C29H36FN3O3. The van der Waals surface area contributed by atoms with E-state index < -0.39 is 0 Å². The van der Waals surface area contributed by atoms with Crippen molar-refractivity contribution in [1.29, 1.82) is 0 Å². The zero-order chi connectivity index (χ0) is 24.4. The lowest BCUT2D eigenvalue weighted by atomic mass is 9.78. The molecular weight excluding hydrogens is 457 g/mol. The summed E-state index contributed by atoms with van der Waals surface area (Å²) >= 11 is 0. The van der Waals surface area contributed by atoms with Gasteiger partial charge in [0.05, 0.1) is 5.69 Å². The molecule has 4 atom stereocenters. The third-order valence-electron chi connectivity index (χ3n) is 9.94. The van der Waals surface area contributed by atoms with Crippen LogP contribution in [-0.4, -0.2) is 44.5 Å². The van der Waals surface area contributed by atoms with Gasteiger partial charge >= 0.3 is 0 Å². The minimum Gasteiger partial charge on any atom is -0.494 e. The number of aromatic nitrogens is 2. The average Bonchev–Trinajstić information content (AvgIpc) is 3.66. The highest BCUT2D eigenvalue weighted by atomic mass is 19.1. The summed E-state index contributed by atoms with van der Waals surface area (Å²) in [6, 6.07) is 4.64. The molecule has 6 nitrogen and oxygen atoms in total. The van der Waals surface area contributed by atoms with Crippen molar-refractivity contribution in [3.05, 3.63) is 40.8 Å². The van der Waals surface area contributed by atoms with Crippen LogP contribution in [0.2, 0.25) is 0 Å². The minimum atomic E-state index is -0.245. The number of halogens is 1. The molecule has 2 bridgehead atoms. The zero-order valence-corrected chi connectivity index (χ0v) is 20.8. The van der Waals surface area contributed by atoms with Crippen LogP contribution in [0.15, 0.2) is 22.7 Å². The van der Waals surface area contributed by atoms with Crippen LogP contribution in [0.4, 0.5) is 4.39 Å². The van der Waals surface area contributed by atoms with Crippen LogP contribution in [0.1, 0.15) is 92.4 Å². The van der Waals surface area contributed by atoms with Crippen molar-refractivity contribution < 1.29 is 19.1 Å². The van der Waals surface area contributed by atoms with E-state index in [1.165, 1.54) is 25.3 Å². The number of aromatic hydroxyl groups is 2. The number of benzene rings is 1. The Morgan fingerprint density at radius 2 is 1.53 bits per heavy atom. The van der Waals surface area contributed by atoms with E-state index in [2.05, 4.69) is 10.1 Å². The molecule has 3 aromatic rings. The summed E-state index contributed by atoms with van der Waals surface area (Å²) < 4.78 is 21.1. The van der Waals surface area contributed by atoms with Crippen LogP contribution in [0, 0.1) is 17.7 Å². The van der Waals surface area contributed by atoms with Crippen LogP contribution in [-0.2, 0) is 6.54 Å². The Bertz CT molecular complexity index is 1240. The molecule has 3 heterocycles. The standard InChI is InChI=1S/C29H36FN3O3/c30-22-7-8-24-23(14-22)27(31-36-24)17-9-11-32(12-10-17)15-20-3-1-2-4-21(20)16-33-28(34)25-18-5-6-19(13-18)26(25)29(33)35/h7-8,14,17-21,34-35H,1-6,9-13,15-16H2/t18?,19?,20-,21-/m0/s1. The fourth-order valence-corrected chi connectivity index (χ4v) is 8.06. The number of likely N-dealkylation sites (tertiary alicyclic amines) is 1. The number of piperidine rings is 1. The summed E-state index contributed by atoms with van der Waals surface area (Å²) in [7, 11) is 0. The second-order valence-electron chi connectivity index (χ2n) is 11.9. The molecule has 3 fully saturated rings. The van der Waals surface area contributed by atoms with Gasteiger partial charge in [-0.15, -0.1) is 0 Å². The van der Waals surface area contributed by atoms with Gasteiger partial charge in [0.15, 0.2) is 17.3 Å². The molecule has 0 spiro atoms. The summed E-state index contributed by atoms with van der Waals surface area (Å²) in [5, 5.41) is 27.2. The van der Waals surface area contributed by atoms with Crippen LogP contribution < -0.4 is 0 Å². The predicted molar refractivity (Wildman–Crippen MR) is 135 cm³/mol. The minimum absolute atomic E-state index is 0.245. The first kappa shape index (κ1) is 22.6. The molecule has 192 valence electrons. The van der Waals surface area contributed by atoms with Crippen molar-refractivity contribution in [1.82, 2.24) is 14.6 Å². The van der Waals surface area contributed by atoms with Gasteiger partial charge in [0.25, 0.3) is 0 Å². The average molecular weight is 494 g/mol. The first-order valence-electron chi connectivity index (χ1n) is 14.0. The summed E-state index contributed by atoms with van der Waals surface area (Å²) in [6.45, 7) is 3.81. The highest BCUT2D eigenvalue weighted by Gasteiger charge is 2.44. The highest BCUT2D eigenvalue weighted by Crippen LogP contribution is 2.60. The first-order chi connectivity index (χ1) is 17.6. The van der Waals surface area contributed by atoms with Crippen LogP contribution >= 0.6 is 0 Å². The van der Waals surface area contributed by atoms with Crippen molar-refractivity contribution in [2.75, 3.05) is 19.6 Å². The Kier molecular flexibility index (Phi) is 5.53. The van der Waals surface area contributed by atoms with Crippen LogP contribution in [0.25, 0.3) is 11.0 Å². The number of nitrogens with zero attached hydrogens (tertiary/aromatic N) is 3. The largest absolute Gasteiger partial charge is 0.494 e. The van der Waals surface area contributed by atoms with E-state index in [4.69, 9.17) is 4.52 Å². The number of hydrogen-bond acceptors (Lipinski definition) is 5. The maximum atomic E-state index is 13.8. The third kappa shape index (κ3) is 3.65. The Morgan fingerprint density at radius 3 is 2.22 bits per heavy atom. The van der Waals surface area contributed by atoms with Crippen molar-refractivity contribution in [3.8, 4) is 11.8 Å². The molecule has 7 rings (SSSR count). The Labute approximate surface area is 211 Å². The van der Waals surface area contributed by atoms with Crippen LogP contribution in [0.3, 0.4) is 0 Å². The van der Waals surface area contributed by atoms with Gasteiger partial charge in [-0.3, -0.25) is 4.57 Å². The summed E-state index contributed by atoms with van der Waals surface area (Å²) in [6.07, 6.45) is 10.3. The van der Waals surface area contributed by atoms with E-state index in [1.807, 2.05) is 4.57 Å². The molecule has 2 saturated carbocycles. The molecule has 2 N–H and O–H groups in total. The van der Waals surface area contributed by atoms with E-state index in [1.54, 1.807) is 12.1 Å². The molecule has 0 amide bonds. The molecule has 1 aromatic carbocycles. The van der Waals surface area contributed by atoms with Gasteiger partial charge in [-0.25, -0.2) is 4.39 Å². The highest BCUT2D eigenvalue weighted by molar-refractivity contribution is 5.79. The Balaban J connectivity index is 1.02. The second-order valence-corrected chi connectivity index (χ2v) is 11.9. The van der Waals surface area contributed by atoms with E-state index in [9.17, 15) is 14.6 Å². The van der Waals surface area contributed by atoms with E-state index >= 15 is 0 Å². The quantitative estimate of drug-likeness (QED) is 0.441. The zero-order valence-electron chi connectivity index (χ0n) is 20.8. The molecule has 3 aliphatic carbocycles. The molecule has 4 aliphatic rings. The topological polar surface area (TPSA) is 74.7 Å². The maximum Gasteiger partial charge on any atom is 0.197 e. The Morgan fingerprint density at radius 1 is 0.861 bits per heavy atom. The summed E-state index contributed by atoms with van der Waals surface area (Å²) in [5.41, 5.74) is 3.67. The fourth-order valence-electron chi connectivity index (χ4n) is 8.06. The van der Waals surface area contributed by atoms with Gasteiger partial charge in [-0.05, 0) is 99.9 Å². The number of fused-ring (bicyclic) bond motifs is 6. The van der Waals surface area contributed by atoms with Crippen molar-refractivity contribution in [3.63, 3.8) is 0 Å². The van der Waals surface area contributed by atoms with Gasteiger partial charge < -0.3 is 19.6 Å². The molecule has 36 heavy (non-hydrogen) atoms. The third-order valence-corrected chi connectivity index (χ3v) is 9.94. The van der Waals surface area contributed by atoms with Gasteiger partial charge in [-0.2, -0.15) is 0 Å². The summed E-state index contributed by atoms with van der Waals surface area (Å²) in [4.78, 5) is 2.58. The number of rotatable bonds is 5. The van der Waals surface area contributed by atoms with Gasteiger partial charge in [-0.1, -0.05) is 18.0 Å². The maximum absolute atomic E-state index is 13.8. The van der Waals surface area contributed by atoms with Gasteiger partial charge in [0.2, 0.25) is 0 Å². The van der Waals surface area contributed by atoms with E-state index in [0.717, 1.165) is 86.9 Å². The fraction of sp³-hybridized carbons (Fsp3) is 0.621. The SMILES string of the molecule is Oc1c2c(c(O)n1C[C@@H]1CCCC[C@H]1CN1CCC(c3noc4ccc(F)cc34)CC1)C1CCC2C1. The second kappa shape index (κ2) is 8.79. The number of hydrogen-bond donors (Lipinski definition) is 2. The molecule has 2 aromatic heterocycles. The van der Waals surface area contributed by atoms with Crippen molar-refractivity contribution in [2.24, 2.45) is 11.8 Å². The van der Waals surface area contributed by atoms with E-state index in [0.29, 0.717) is 46.9 Å². The van der Waals surface area contributed by atoms with Crippen LogP contribution in [0.5, 0.6) is 11.8 Å². The first-order valence-corrected chi connectivity index (χ1v) is 14.0.